The quantitative estimate of drug-likeness (QED) is 0.829. The van der Waals surface area contributed by atoms with Gasteiger partial charge >= 0.3 is 0 Å². The molecule has 2 aliphatic rings. The normalized spacial score (nSPS) is 33.2. The van der Waals surface area contributed by atoms with Crippen LogP contribution < -0.4 is 5.32 Å². The Balaban J connectivity index is 1.95. The zero-order chi connectivity index (χ0) is 13.9. The number of likely N-dealkylation sites (tertiary alicyclic amines) is 1. The summed E-state index contributed by atoms with van der Waals surface area (Å²) in [5.74, 6) is 0. The van der Waals surface area contributed by atoms with E-state index in [0.717, 1.165) is 25.8 Å². The van der Waals surface area contributed by atoms with Gasteiger partial charge in [-0.1, -0.05) is 6.92 Å². The van der Waals surface area contributed by atoms with Gasteiger partial charge < -0.3 is 10.1 Å². The molecule has 112 valence electrons. The maximum atomic E-state index is 5.74. The topological polar surface area (TPSA) is 24.5 Å². The predicted octanol–water partition coefficient (Wildman–Crippen LogP) is 2.66. The van der Waals surface area contributed by atoms with Crippen molar-refractivity contribution >= 4 is 0 Å². The summed E-state index contributed by atoms with van der Waals surface area (Å²) in [5.41, 5.74) is 0.537. The fourth-order valence-electron chi connectivity index (χ4n) is 3.42. The van der Waals surface area contributed by atoms with Crippen LogP contribution in [0.15, 0.2) is 0 Å². The molecule has 0 spiro atoms. The predicted molar refractivity (Wildman–Crippen MR) is 80.5 cm³/mol. The second kappa shape index (κ2) is 6.11. The van der Waals surface area contributed by atoms with Gasteiger partial charge in [-0.2, -0.15) is 0 Å². The van der Waals surface area contributed by atoms with Crippen molar-refractivity contribution in [2.45, 2.75) is 65.0 Å². The monoisotopic (exact) mass is 268 g/mol. The SMILES string of the molecule is CCC1CCCN1CC1(CNC(C)(C)C)CCOC1. The average Bonchev–Trinajstić information content (AvgIpc) is 2.96. The van der Waals surface area contributed by atoms with Gasteiger partial charge in [0.2, 0.25) is 0 Å². The van der Waals surface area contributed by atoms with E-state index in [9.17, 15) is 0 Å². The molecule has 2 heterocycles. The Morgan fingerprint density at radius 2 is 2.16 bits per heavy atom. The average molecular weight is 268 g/mol. The van der Waals surface area contributed by atoms with Gasteiger partial charge in [0.05, 0.1) is 6.61 Å². The number of hydrogen-bond donors (Lipinski definition) is 1. The lowest BCUT2D eigenvalue weighted by Gasteiger charge is -2.37. The highest BCUT2D eigenvalue weighted by Crippen LogP contribution is 2.33. The van der Waals surface area contributed by atoms with Crippen LogP contribution in [0.4, 0.5) is 0 Å². The van der Waals surface area contributed by atoms with Gasteiger partial charge in [0.15, 0.2) is 0 Å². The Morgan fingerprint density at radius 3 is 2.74 bits per heavy atom. The van der Waals surface area contributed by atoms with E-state index in [1.165, 1.54) is 38.8 Å². The first kappa shape index (κ1) is 15.3. The number of nitrogens with one attached hydrogen (secondary N) is 1. The zero-order valence-electron chi connectivity index (χ0n) is 13.3. The molecule has 1 N–H and O–H groups in total. The molecule has 0 aliphatic carbocycles. The molecule has 2 fully saturated rings. The molecule has 0 aromatic rings. The van der Waals surface area contributed by atoms with Crippen LogP contribution in [0, 0.1) is 5.41 Å². The van der Waals surface area contributed by atoms with Crippen LogP contribution in [0.25, 0.3) is 0 Å². The minimum Gasteiger partial charge on any atom is -0.381 e. The largest absolute Gasteiger partial charge is 0.381 e. The van der Waals surface area contributed by atoms with Gasteiger partial charge in [0, 0.05) is 36.7 Å². The number of rotatable bonds is 5. The van der Waals surface area contributed by atoms with Crippen LogP contribution in [-0.4, -0.2) is 49.3 Å². The Bertz CT molecular complexity index is 279. The molecular formula is C16H32N2O. The number of hydrogen-bond acceptors (Lipinski definition) is 3. The number of ether oxygens (including phenoxy) is 1. The summed E-state index contributed by atoms with van der Waals surface area (Å²) in [6.07, 6.45) is 5.27. The molecule has 0 bridgehead atoms. The van der Waals surface area contributed by atoms with Crippen LogP contribution in [0.2, 0.25) is 0 Å². The van der Waals surface area contributed by atoms with Gasteiger partial charge in [-0.05, 0) is 53.0 Å². The molecule has 2 unspecified atom stereocenters. The molecule has 0 radical (unpaired) electrons. The van der Waals surface area contributed by atoms with E-state index in [1.54, 1.807) is 0 Å². The van der Waals surface area contributed by atoms with Gasteiger partial charge in [0.1, 0.15) is 0 Å². The van der Waals surface area contributed by atoms with Crippen LogP contribution in [0.1, 0.15) is 53.4 Å². The number of nitrogens with zero attached hydrogens (tertiary/aromatic N) is 1. The summed E-state index contributed by atoms with van der Waals surface area (Å²) in [5, 5.41) is 3.70. The van der Waals surface area contributed by atoms with Gasteiger partial charge in [-0.25, -0.2) is 0 Å². The van der Waals surface area contributed by atoms with Crippen molar-refractivity contribution in [2.75, 3.05) is 32.8 Å². The van der Waals surface area contributed by atoms with Crippen molar-refractivity contribution in [3.8, 4) is 0 Å². The summed E-state index contributed by atoms with van der Waals surface area (Å²) in [4.78, 5) is 2.72. The van der Waals surface area contributed by atoms with Crippen molar-refractivity contribution in [3.05, 3.63) is 0 Å². The zero-order valence-corrected chi connectivity index (χ0v) is 13.3. The van der Waals surface area contributed by atoms with Crippen molar-refractivity contribution < 1.29 is 4.74 Å². The molecule has 19 heavy (non-hydrogen) atoms. The molecule has 2 atom stereocenters. The van der Waals surface area contributed by atoms with Crippen LogP contribution in [-0.2, 0) is 4.74 Å². The molecule has 3 nitrogen and oxygen atoms in total. The lowest BCUT2D eigenvalue weighted by atomic mass is 9.85. The standard InChI is InChI=1S/C16H32N2O/c1-5-14-7-6-9-18(14)12-16(8-10-19-13-16)11-17-15(2,3)4/h14,17H,5-13H2,1-4H3. The highest BCUT2D eigenvalue weighted by molar-refractivity contribution is 4.93. The molecule has 2 aliphatic heterocycles. The van der Waals surface area contributed by atoms with E-state index in [-0.39, 0.29) is 5.54 Å². The van der Waals surface area contributed by atoms with E-state index < -0.39 is 0 Å². The third-order valence-corrected chi connectivity index (χ3v) is 4.69. The summed E-state index contributed by atoms with van der Waals surface area (Å²) in [7, 11) is 0. The molecule has 0 aromatic carbocycles. The summed E-state index contributed by atoms with van der Waals surface area (Å²) in [6, 6.07) is 0.812. The Hall–Kier alpha value is -0.120. The maximum Gasteiger partial charge on any atom is 0.0547 e. The Morgan fingerprint density at radius 1 is 1.37 bits per heavy atom. The van der Waals surface area contributed by atoms with Crippen molar-refractivity contribution in [3.63, 3.8) is 0 Å². The van der Waals surface area contributed by atoms with Crippen LogP contribution in [0.5, 0.6) is 0 Å². The van der Waals surface area contributed by atoms with Gasteiger partial charge in [0.25, 0.3) is 0 Å². The minimum atomic E-state index is 0.199. The van der Waals surface area contributed by atoms with Crippen molar-refractivity contribution in [2.24, 2.45) is 5.41 Å². The molecule has 0 aromatic heterocycles. The van der Waals surface area contributed by atoms with Crippen LogP contribution in [0.3, 0.4) is 0 Å². The lowest BCUT2D eigenvalue weighted by molar-refractivity contribution is 0.0960. The third-order valence-electron chi connectivity index (χ3n) is 4.69. The summed E-state index contributed by atoms with van der Waals surface area (Å²) >= 11 is 0. The molecule has 2 saturated heterocycles. The second-order valence-corrected chi connectivity index (χ2v) is 7.58. The molecule has 0 saturated carbocycles. The van der Waals surface area contributed by atoms with Gasteiger partial charge in [-0.15, -0.1) is 0 Å². The fraction of sp³-hybridized carbons (Fsp3) is 1.00. The summed E-state index contributed by atoms with van der Waals surface area (Å²) < 4.78 is 5.74. The highest BCUT2D eigenvalue weighted by atomic mass is 16.5. The summed E-state index contributed by atoms with van der Waals surface area (Å²) in [6.45, 7) is 14.5. The maximum absolute atomic E-state index is 5.74. The van der Waals surface area contributed by atoms with Crippen molar-refractivity contribution in [1.82, 2.24) is 10.2 Å². The van der Waals surface area contributed by atoms with E-state index in [2.05, 4.69) is 37.9 Å². The van der Waals surface area contributed by atoms with E-state index in [0.29, 0.717) is 5.41 Å². The molecular weight excluding hydrogens is 236 g/mol. The molecule has 2 rings (SSSR count). The van der Waals surface area contributed by atoms with E-state index in [4.69, 9.17) is 4.74 Å². The van der Waals surface area contributed by atoms with Crippen molar-refractivity contribution in [1.29, 1.82) is 0 Å². The fourth-order valence-corrected chi connectivity index (χ4v) is 3.42. The Kier molecular flexibility index (Phi) is 4.91. The van der Waals surface area contributed by atoms with E-state index in [1.807, 2.05) is 0 Å². The lowest BCUT2D eigenvalue weighted by Crippen LogP contribution is -2.50. The minimum absolute atomic E-state index is 0.199. The molecule has 3 heteroatoms. The first-order valence-electron chi connectivity index (χ1n) is 8.01. The third kappa shape index (κ3) is 4.17. The first-order valence-corrected chi connectivity index (χ1v) is 8.01. The van der Waals surface area contributed by atoms with Gasteiger partial charge in [-0.3, -0.25) is 4.90 Å². The molecule has 0 amide bonds. The smallest absolute Gasteiger partial charge is 0.0547 e. The van der Waals surface area contributed by atoms with E-state index >= 15 is 0 Å². The van der Waals surface area contributed by atoms with Crippen LogP contribution >= 0.6 is 0 Å². The second-order valence-electron chi connectivity index (χ2n) is 7.58. The Labute approximate surface area is 119 Å². The highest BCUT2D eigenvalue weighted by Gasteiger charge is 2.39. The first-order chi connectivity index (χ1) is 8.94.